The molecule has 114 valence electrons. The van der Waals surface area contributed by atoms with E-state index >= 15 is 0 Å². The molecule has 1 fully saturated rings. The second-order valence-corrected chi connectivity index (χ2v) is 5.84. The van der Waals surface area contributed by atoms with Gasteiger partial charge in [-0.3, -0.25) is 9.69 Å². The third kappa shape index (κ3) is 4.11. The minimum absolute atomic E-state index is 0.0882. The first-order valence-electron chi connectivity index (χ1n) is 7.53. The number of carboxylic acids is 1. The number of benzene rings is 1. The first-order chi connectivity index (χ1) is 10.2. The quantitative estimate of drug-likeness (QED) is 0.870. The van der Waals surface area contributed by atoms with Crippen LogP contribution < -0.4 is 9.47 Å². The molecule has 1 aromatic carbocycles. The fourth-order valence-corrected chi connectivity index (χ4v) is 2.61. The fourth-order valence-electron chi connectivity index (χ4n) is 2.61. The molecule has 1 aliphatic heterocycles. The molecule has 0 unspecified atom stereocenters. The van der Waals surface area contributed by atoms with Gasteiger partial charge in [0.25, 0.3) is 0 Å². The molecule has 0 spiro atoms. The van der Waals surface area contributed by atoms with Crippen molar-refractivity contribution >= 4 is 5.97 Å². The molecule has 5 heteroatoms. The number of hydrogen-bond donors (Lipinski definition) is 1. The number of ether oxygens (including phenoxy) is 2. The molecule has 5 nitrogen and oxygen atoms in total. The molecule has 0 aromatic heterocycles. The van der Waals surface area contributed by atoms with Crippen LogP contribution in [-0.4, -0.2) is 42.3 Å². The van der Waals surface area contributed by atoms with Crippen molar-refractivity contribution in [2.45, 2.75) is 25.8 Å². The molecule has 1 heterocycles. The summed E-state index contributed by atoms with van der Waals surface area (Å²) in [6.45, 7) is 2.93. The predicted octanol–water partition coefficient (Wildman–Crippen LogP) is 2.14. The Balaban J connectivity index is 1.69. The molecule has 2 aliphatic rings. The number of rotatable bonds is 6. The van der Waals surface area contributed by atoms with Crippen LogP contribution in [0.2, 0.25) is 0 Å². The zero-order valence-corrected chi connectivity index (χ0v) is 12.1. The van der Waals surface area contributed by atoms with Crippen LogP contribution >= 0.6 is 0 Å². The van der Waals surface area contributed by atoms with Crippen molar-refractivity contribution in [3.8, 4) is 11.5 Å². The minimum Gasteiger partial charge on any atom is -0.490 e. The van der Waals surface area contributed by atoms with Gasteiger partial charge < -0.3 is 14.6 Å². The molecular formula is C16H21NO4. The van der Waals surface area contributed by atoms with E-state index in [1.807, 2.05) is 23.1 Å². The van der Waals surface area contributed by atoms with E-state index in [1.54, 1.807) is 0 Å². The molecule has 0 bridgehead atoms. The Bertz CT molecular complexity index is 513. The average molecular weight is 291 g/mol. The maximum Gasteiger partial charge on any atom is 0.317 e. The number of nitrogens with zero attached hydrogens (tertiary/aromatic N) is 1. The van der Waals surface area contributed by atoms with E-state index in [9.17, 15) is 4.79 Å². The van der Waals surface area contributed by atoms with E-state index in [0.29, 0.717) is 25.7 Å². The van der Waals surface area contributed by atoms with Crippen LogP contribution in [0.3, 0.4) is 0 Å². The SMILES string of the molecule is O=C(O)CN(Cc1ccc2c(c1)OCCCO2)CC1CC1. The molecule has 1 aromatic rings. The van der Waals surface area contributed by atoms with Gasteiger partial charge in [0.15, 0.2) is 11.5 Å². The zero-order chi connectivity index (χ0) is 14.7. The molecule has 1 saturated carbocycles. The Morgan fingerprint density at radius 2 is 2.00 bits per heavy atom. The molecule has 3 rings (SSSR count). The van der Waals surface area contributed by atoms with Crippen molar-refractivity contribution in [3.05, 3.63) is 23.8 Å². The Hall–Kier alpha value is -1.75. The third-order valence-electron chi connectivity index (χ3n) is 3.79. The molecule has 0 atom stereocenters. The predicted molar refractivity (Wildman–Crippen MR) is 77.7 cm³/mol. The van der Waals surface area contributed by atoms with Gasteiger partial charge in [-0.1, -0.05) is 6.07 Å². The van der Waals surface area contributed by atoms with E-state index in [-0.39, 0.29) is 6.54 Å². The highest BCUT2D eigenvalue weighted by Gasteiger charge is 2.25. The second kappa shape index (κ2) is 6.35. The number of fused-ring (bicyclic) bond motifs is 1. The first-order valence-corrected chi connectivity index (χ1v) is 7.53. The van der Waals surface area contributed by atoms with Gasteiger partial charge in [-0.25, -0.2) is 0 Å². The summed E-state index contributed by atoms with van der Waals surface area (Å²) in [6.07, 6.45) is 3.32. The lowest BCUT2D eigenvalue weighted by molar-refractivity contribution is -0.138. The molecule has 1 N–H and O–H groups in total. The minimum atomic E-state index is -0.773. The van der Waals surface area contributed by atoms with E-state index in [4.69, 9.17) is 14.6 Å². The lowest BCUT2D eigenvalue weighted by Gasteiger charge is -2.20. The maximum absolute atomic E-state index is 11.0. The lowest BCUT2D eigenvalue weighted by Crippen LogP contribution is -2.31. The number of aliphatic carboxylic acids is 1. The van der Waals surface area contributed by atoms with Crippen LogP contribution in [0, 0.1) is 5.92 Å². The maximum atomic E-state index is 11.0. The van der Waals surface area contributed by atoms with Crippen LogP contribution in [-0.2, 0) is 11.3 Å². The van der Waals surface area contributed by atoms with Crippen LogP contribution in [0.4, 0.5) is 0 Å². The molecule has 0 radical (unpaired) electrons. The third-order valence-corrected chi connectivity index (χ3v) is 3.79. The average Bonchev–Trinajstić information content (AvgIpc) is 3.24. The fraction of sp³-hybridized carbons (Fsp3) is 0.562. The Kier molecular flexibility index (Phi) is 4.29. The van der Waals surface area contributed by atoms with Crippen LogP contribution in [0.25, 0.3) is 0 Å². The summed E-state index contributed by atoms with van der Waals surface area (Å²) >= 11 is 0. The Labute approximate surface area is 124 Å². The summed E-state index contributed by atoms with van der Waals surface area (Å²) in [6, 6.07) is 5.89. The van der Waals surface area contributed by atoms with Gasteiger partial charge >= 0.3 is 5.97 Å². The molecule has 0 amide bonds. The van der Waals surface area contributed by atoms with Gasteiger partial charge in [0.1, 0.15) is 0 Å². The van der Waals surface area contributed by atoms with Gasteiger partial charge in [-0.05, 0) is 36.5 Å². The standard InChI is InChI=1S/C16H21NO4/c18-16(19)11-17(9-12-2-3-12)10-13-4-5-14-15(8-13)21-7-1-6-20-14/h4-5,8,12H,1-3,6-7,9-11H2,(H,18,19). The molecular weight excluding hydrogens is 270 g/mol. The van der Waals surface area contributed by atoms with Crippen LogP contribution in [0.15, 0.2) is 18.2 Å². The number of carboxylic acid groups (broad SMARTS) is 1. The highest BCUT2D eigenvalue weighted by atomic mass is 16.5. The van der Waals surface area contributed by atoms with Gasteiger partial charge in [0.2, 0.25) is 0 Å². The number of hydrogen-bond acceptors (Lipinski definition) is 4. The van der Waals surface area contributed by atoms with E-state index < -0.39 is 5.97 Å². The van der Waals surface area contributed by atoms with Gasteiger partial charge in [0.05, 0.1) is 19.8 Å². The van der Waals surface area contributed by atoms with Crippen molar-refractivity contribution in [3.63, 3.8) is 0 Å². The summed E-state index contributed by atoms with van der Waals surface area (Å²) < 4.78 is 11.3. The highest BCUT2D eigenvalue weighted by Crippen LogP contribution is 2.32. The second-order valence-electron chi connectivity index (χ2n) is 5.84. The summed E-state index contributed by atoms with van der Waals surface area (Å²) in [5.74, 6) is 1.45. The number of carbonyl (C=O) groups is 1. The van der Waals surface area contributed by atoms with E-state index in [2.05, 4.69) is 0 Å². The van der Waals surface area contributed by atoms with Gasteiger partial charge in [-0.15, -0.1) is 0 Å². The summed E-state index contributed by atoms with van der Waals surface area (Å²) in [5, 5.41) is 9.04. The van der Waals surface area contributed by atoms with Crippen molar-refractivity contribution in [1.82, 2.24) is 4.90 Å². The molecule has 21 heavy (non-hydrogen) atoms. The van der Waals surface area contributed by atoms with E-state index in [1.165, 1.54) is 12.8 Å². The van der Waals surface area contributed by atoms with Crippen molar-refractivity contribution < 1.29 is 19.4 Å². The zero-order valence-electron chi connectivity index (χ0n) is 12.1. The molecule has 0 saturated heterocycles. The first kappa shape index (κ1) is 14.2. The summed E-state index contributed by atoms with van der Waals surface area (Å²) in [5.41, 5.74) is 1.07. The van der Waals surface area contributed by atoms with Gasteiger partial charge in [-0.2, -0.15) is 0 Å². The highest BCUT2D eigenvalue weighted by molar-refractivity contribution is 5.69. The van der Waals surface area contributed by atoms with Crippen molar-refractivity contribution in [2.75, 3.05) is 26.3 Å². The van der Waals surface area contributed by atoms with Crippen LogP contribution in [0.5, 0.6) is 11.5 Å². The van der Waals surface area contributed by atoms with Crippen LogP contribution in [0.1, 0.15) is 24.8 Å². The summed E-state index contributed by atoms with van der Waals surface area (Å²) in [7, 11) is 0. The lowest BCUT2D eigenvalue weighted by atomic mass is 10.1. The normalized spacial score (nSPS) is 17.6. The van der Waals surface area contributed by atoms with Crippen molar-refractivity contribution in [2.24, 2.45) is 5.92 Å². The topological polar surface area (TPSA) is 59.0 Å². The smallest absolute Gasteiger partial charge is 0.317 e. The Morgan fingerprint density at radius 1 is 1.24 bits per heavy atom. The Morgan fingerprint density at radius 3 is 2.71 bits per heavy atom. The van der Waals surface area contributed by atoms with E-state index in [0.717, 1.165) is 30.0 Å². The largest absolute Gasteiger partial charge is 0.490 e. The monoisotopic (exact) mass is 291 g/mol. The summed E-state index contributed by atoms with van der Waals surface area (Å²) in [4.78, 5) is 13.0. The van der Waals surface area contributed by atoms with Crippen molar-refractivity contribution in [1.29, 1.82) is 0 Å². The van der Waals surface area contributed by atoms with Gasteiger partial charge in [0, 0.05) is 19.5 Å². The molecule has 1 aliphatic carbocycles.